The van der Waals surface area contributed by atoms with Gasteiger partial charge < -0.3 is 10.2 Å². The molecule has 3 heterocycles. The molecule has 3 heteroatoms. The summed E-state index contributed by atoms with van der Waals surface area (Å²) < 4.78 is 0. The van der Waals surface area contributed by atoms with Gasteiger partial charge in [0.05, 0.1) is 4.87 Å². The highest BCUT2D eigenvalue weighted by Crippen LogP contribution is 2.44. The van der Waals surface area contributed by atoms with Gasteiger partial charge in [0.2, 0.25) is 0 Å². The van der Waals surface area contributed by atoms with Gasteiger partial charge in [0, 0.05) is 25.4 Å². The summed E-state index contributed by atoms with van der Waals surface area (Å²) in [7, 11) is 0. The summed E-state index contributed by atoms with van der Waals surface area (Å²) in [4.78, 5) is 3.15. The average molecular weight is 198 g/mol. The summed E-state index contributed by atoms with van der Waals surface area (Å²) in [5, 5.41) is 3.76. The molecule has 0 aromatic rings. The molecule has 3 saturated heterocycles. The van der Waals surface area contributed by atoms with Crippen molar-refractivity contribution < 1.29 is 0 Å². The normalized spacial score (nSPS) is 49.8. The molecule has 0 amide bonds. The van der Waals surface area contributed by atoms with Crippen LogP contribution in [0, 0.1) is 5.92 Å². The summed E-state index contributed by atoms with van der Waals surface area (Å²) in [5.74, 6) is 2.26. The minimum atomic E-state index is 0.497. The van der Waals surface area contributed by atoms with Crippen molar-refractivity contribution in [3.8, 4) is 0 Å². The summed E-state index contributed by atoms with van der Waals surface area (Å²) in [6.45, 7) is 5.29. The van der Waals surface area contributed by atoms with Crippen molar-refractivity contribution in [1.29, 1.82) is 0 Å². The van der Waals surface area contributed by atoms with Gasteiger partial charge in [0.15, 0.2) is 0 Å². The van der Waals surface area contributed by atoms with Gasteiger partial charge in [-0.3, -0.25) is 0 Å². The van der Waals surface area contributed by atoms with Crippen molar-refractivity contribution in [1.82, 2.24) is 10.2 Å². The summed E-state index contributed by atoms with van der Waals surface area (Å²) in [6.07, 6.45) is 4.26. The van der Waals surface area contributed by atoms with Crippen LogP contribution < -0.4 is 5.32 Å². The molecule has 2 nitrogen and oxygen atoms in total. The zero-order chi connectivity index (χ0) is 8.73. The first-order chi connectivity index (χ1) is 6.39. The molecule has 13 heavy (non-hydrogen) atoms. The third-order valence-corrected chi connectivity index (χ3v) is 5.46. The first kappa shape index (κ1) is 8.57. The fourth-order valence-electron chi connectivity index (χ4n) is 3.14. The number of nitrogens with zero attached hydrogens (tertiary/aromatic N) is 1. The lowest BCUT2D eigenvalue weighted by molar-refractivity contribution is 0.0814. The van der Waals surface area contributed by atoms with Crippen LogP contribution in [0.4, 0.5) is 0 Å². The molecule has 0 radical (unpaired) electrons. The Hall–Kier alpha value is 0.270. The Labute approximate surface area is 84.4 Å². The molecule has 3 unspecified atom stereocenters. The van der Waals surface area contributed by atoms with Crippen molar-refractivity contribution in [2.24, 2.45) is 5.92 Å². The van der Waals surface area contributed by atoms with Crippen LogP contribution in [0.5, 0.6) is 0 Å². The Balaban J connectivity index is 1.81. The maximum absolute atomic E-state index is 3.76. The van der Waals surface area contributed by atoms with Crippen LogP contribution in [0.1, 0.15) is 19.3 Å². The van der Waals surface area contributed by atoms with Crippen molar-refractivity contribution in [2.45, 2.75) is 24.1 Å². The van der Waals surface area contributed by atoms with Crippen molar-refractivity contribution in [2.75, 3.05) is 31.9 Å². The third-order valence-electron chi connectivity index (χ3n) is 3.85. The SMILES string of the molecule is C1CC2CN(C1)CCC21NCCS1. The van der Waals surface area contributed by atoms with E-state index in [9.17, 15) is 0 Å². The predicted octanol–water partition coefficient (Wildman–Crippen LogP) is 1.13. The maximum Gasteiger partial charge on any atom is 0.0698 e. The Kier molecular flexibility index (Phi) is 2.07. The maximum atomic E-state index is 3.76. The Morgan fingerprint density at radius 3 is 3.23 bits per heavy atom. The minimum absolute atomic E-state index is 0.497. The third kappa shape index (κ3) is 1.32. The lowest BCUT2D eigenvalue weighted by Gasteiger charge is -2.48. The van der Waals surface area contributed by atoms with Gasteiger partial charge in [-0.2, -0.15) is 0 Å². The van der Waals surface area contributed by atoms with Gasteiger partial charge >= 0.3 is 0 Å². The smallest absolute Gasteiger partial charge is 0.0698 e. The van der Waals surface area contributed by atoms with Crippen LogP contribution in [0.15, 0.2) is 0 Å². The van der Waals surface area contributed by atoms with E-state index in [-0.39, 0.29) is 0 Å². The van der Waals surface area contributed by atoms with E-state index in [1.165, 1.54) is 51.2 Å². The van der Waals surface area contributed by atoms with Gasteiger partial charge in [-0.25, -0.2) is 0 Å². The number of hydrogen-bond acceptors (Lipinski definition) is 3. The molecule has 3 rings (SSSR count). The highest BCUT2D eigenvalue weighted by Gasteiger charge is 2.46. The topological polar surface area (TPSA) is 15.3 Å². The van der Waals surface area contributed by atoms with E-state index in [1.807, 2.05) is 0 Å². The van der Waals surface area contributed by atoms with E-state index in [1.54, 1.807) is 0 Å². The van der Waals surface area contributed by atoms with Gasteiger partial charge in [0.25, 0.3) is 0 Å². The van der Waals surface area contributed by atoms with Crippen molar-refractivity contribution in [3.63, 3.8) is 0 Å². The second-order valence-electron chi connectivity index (χ2n) is 4.55. The average Bonchev–Trinajstić information content (AvgIpc) is 2.63. The molecule has 0 aromatic heterocycles. The van der Waals surface area contributed by atoms with Crippen LogP contribution >= 0.6 is 11.8 Å². The summed E-state index contributed by atoms with van der Waals surface area (Å²) in [6, 6.07) is 0. The quantitative estimate of drug-likeness (QED) is 0.628. The van der Waals surface area contributed by atoms with Crippen molar-refractivity contribution >= 4 is 11.8 Å². The molecule has 74 valence electrons. The molecule has 1 N–H and O–H groups in total. The molecule has 3 aliphatic heterocycles. The van der Waals surface area contributed by atoms with Crippen LogP contribution in [-0.2, 0) is 0 Å². The molecular weight excluding hydrogens is 180 g/mol. The van der Waals surface area contributed by atoms with Crippen LogP contribution in [0.2, 0.25) is 0 Å². The number of fused-ring (bicyclic) bond motifs is 3. The lowest BCUT2D eigenvalue weighted by Crippen LogP contribution is -2.57. The Morgan fingerprint density at radius 2 is 2.38 bits per heavy atom. The monoisotopic (exact) mass is 198 g/mol. The van der Waals surface area contributed by atoms with Crippen LogP contribution in [-0.4, -0.2) is 41.7 Å². The highest BCUT2D eigenvalue weighted by atomic mass is 32.2. The van der Waals surface area contributed by atoms with Gasteiger partial charge in [-0.05, 0) is 31.7 Å². The Bertz CT molecular complexity index is 201. The largest absolute Gasteiger partial charge is 0.303 e. The number of thioether (sulfide) groups is 1. The molecule has 3 atom stereocenters. The number of piperidine rings is 2. The fourth-order valence-corrected chi connectivity index (χ4v) is 4.57. The zero-order valence-corrected chi connectivity index (χ0v) is 8.91. The van der Waals surface area contributed by atoms with Crippen LogP contribution in [0.3, 0.4) is 0 Å². The van der Waals surface area contributed by atoms with E-state index < -0.39 is 0 Å². The van der Waals surface area contributed by atoms with Gasteiger partial charge in [0.1, 0.15) is 0 Å². The minimum Gasteiger partial charge on any atom is -0.303 e. The predicted molar refractivity (Wildman–Crippen MR) is 57.0 cm³/mol. The van der Waals surface area contributed by atoms with Crippen LogP contribution in [0.25, 0.3) is 0 Å². The zero-order valence-electron chi connectivity index (χ0n) is 8.09. The van der Waals surface area contributed by atoms with E-state index in [4.69, 9.17) is 0 Å². The molecule has 3 fully saturated rings. The summed E-state index contributed by atoms with van der Waals surface area (Å²) >= 11 is 2.20. The van der Waals surface area contributed by atoms with Gasteiger partial charge in [-0.1, -0.05) is 0 Å². The Morgan fingerprint density at radius 1 is 1.38 bits per heavy atom. The lowest BCUT2D eigenvalue weighted by atomic mass is 9.84. The molecule has 2 bridgehead atoms. The van der Waals surface area contributed by atoms with E-state index in [0.29, 0.717) is 4.87 Å². The van der Waals surface area contributed by atoms with Gasteiger partial charge in [-0.15, -0.1) is 11.8 Å². The number of rotatable bonds is 0. The second-order valence-corrected chi connectivity index (χ2v) is 5.98. The van der Waals surface area contributed by atoms with Crippen molar-refractivity contribution in [3.05, 3.63) is 0 Å². The highest BCUT2D eigenvalue weighted by molar-refractivity contribution is 8.00. The molecular formula is C10H18N2S. The van der Waals surface area contributed by atoms with E-state index in [0.717, 1.165) is 5.92 Å². The standard InChI is InChI=1S/C10H18N2S/c1-2-9-8-12(5-1)6-3-10(9)11-4-7-13-10/h9,11H,1-8H2. The second kappa shape index (κ2) is 3.14. The first-order valence-electron chi connectivity index (χ1n) is 5.50. The number of nitrogens with one attached hydrogen (secondary N) is 1. The molecule has 0 aliphatic carbocycles. The summed E-state index contributed by atoms with van der Waals surface area (Å²) in [5.41, 5.74) is 0. The molecule has 3 aliphatic rings. The van der Waals surface area contributed by atoms with E-state index in [2.05, 4.69) is 22.0 Å². The molecule has 1 spiro atoms. The number of hydrogen-bond donors (Lipinski definition) is 1. The van der Waals surface area contributed by atoms with E-state index >= 15 is 0 Å². The molecule has 0 saturated carbocycles. The molecule has 0 aromatic carbocycles. The fraction of sp³-hybridized carbons (Fsp3) is 1.00. The first-order valence-corrected chi connectivity index (χ1v) is 6.49.